The minimum Gasteiger partial charge on any atom is -0.481 e. The first kappa shape index (κ1) is 16.5. The first-order valence-electron chi connectivity index (χ1n) is 7.82. The quantitative estimate of drug-likeness (QED) is 0.834. The van der Waals surface area contributed by atoms with E-state index in [1.165, 1.54) is 11.1 Å². The zero-order valence-corrected chi connectivity index (χ0v) is 13.0. The summed E-state index contributed by atoms with van der Waals surface area (Å²) in [6.07, 6.45) is 2.37. The number of amides is 1. The molecule has 1 fully saturated rings. The molecule has 0 aromatic heterocycles. The third-order valence-electron chi connectivity index (χ3n) is 4.20. The molecule has 1 aromatic rings. The minimum absolute atomic E-state index is 0.0281. The molecule has 0 aliphatic carbocycles. The van der Waals surface area contributed by atoms with E-state index in [1.807, 2.05) is 17.0 Å². The van der Waals surface area contributed by atoms with Crippen molar-refractivity contribution < 1.29 is 14.7 Å². The van der Waals surface area contributed by atoms with Crippen LogP contribution in [0.1, 0.15) is 24.0 Å². The van der Waals surface area contributed by atoms with Crippen molar-refractivity contribution in [1.82, 2.24) is 10.2 Å². The molecule has 5 heteroatoms. The average Bonchev–Trinajstić information content (AvgIpc) is 2.49. The van der Waals surface area contributed by atoms with Crippen LogP contribution in [0.25, 0.3) is 0 Å². The Hall–Kier alpha value is -1.88. The Labute approximate surface area is 131 Å². The summed E-state index contributed by atoms with van der Waals surface area (Å²) >= 11 is 0. The molecular weight excluding hydrogens is 280 g/mol. The highest BCUT2D eigenvalue weighted by atomic mass is 16.4. The van der Waals surface area contributed by atoms with Gasteiger partial charge in [0.25, 0.3) is 0 Å². The topological polar surface area (TPSA) is 69.6 Å². The Morgan fingerprint density at radius 1 is 1.36 bits per heavy atom. The molecule has 22 heavy (non-hydrogen) atoms. The maximum absolute atomic E-state index is 12.0. The van der Waals surface area contributed by atoms with Gasteiger partial charge in [0.05, 0.1) is 12.5 Å². The maximum atomic E-state index is 12.0. The zero-order valence-electron chi connectivity index (χ0n) is 13.0. The van der Waals surface area contributed by atoms with Crippen LogP contribution in [0.15, 0.2) is 24.3 Å². The number of hydrogen-bond acceptors (Lipinski definition) is 3. The van der Waals surface area contributed by atoms with Gasteiger partial charge in [0.1, 0.15) is 0 Å². The lowest BCUT2D eigenvalue weighted by Crippen LogP contribution is -2.44. The van der Waals surface area contributed by atoms with Crippen LogP contribution in [0.4, 0.5) is 0 Å². The molecule has 0 bridgehead atoms. The van der Waals surface area contributed by atoms with Gasteiger partial charge in [-0.3, -0.25) is 14.5 Å². The second-order valence-corrected chi connectivity index (χ2v) is 5.94. The molecule has 1 heterocycles. The lowest BCUT2D eigenvalue weighted by molar-refractivity contribution is -0.144. The number of aryl methyl sites for hydroxylation is 1. The van der Waals surface area contributed by atoms with Gasteiger partial charge in [-0.05, 0) is 43.9 Å². The molecule has 120 valence electrons. The fraction of sp³-hybridized carbons (Fsp3) is 0.529. The fourth-order valence-corrected chi connectivity index (χ4v) is 2.89. The van der Waals surface area contributed by atoms with Crippen molar-refractivity contribution in [3.05, 3.63) is 35.4 Å². The average molecular weight is 304 g/mol. The predicted octanol–water partition coefficient (Wildman–Crippen LogP) is 1.45. The molecule has 0 radical (unpaired) electrons. The van der Waals surface area contributed by atoms with Gasteiger partial charge in [0.2, 0.25) is 5.91 Å². The molecule has 1 unspecified atom stereocenters. The number of benzene rings is 1. The van der Waals surface area contributed by atoms with Gasteiger partial charge in [0, 0.05) is 13.1 Å². The number of carbonyl (C=O) groups is 2. The summed E-state index contributed by atoms with van der Waals surface area (Å²) in [5.41, 5.74) is 2.48. The van der Waals surface area contributed by atoms with E-state index < -0.39 is 5.97 Å². The van der Waals surface area contributed by atoms with Crippen molar-refractivity contribution in [2.45, 2.75) is 26.2 Å². The molecule has 2 N–H and O–H groups in total. The first-order chi connectivity index (χ1) is 10.6. The summed E-state index contributed by atoms with van der Waals surface area (Å²) in [7, 11) is 0. The van der Waals surface area contributed by atoms with E-state index in [0.29, 0.717) is 19.5 Å². The zero-order chi connectivity index (χ0) is 15.9. The highest BCUT2D eigenvalue weighted by molar-refractivity contribution is 5.78. The Morgan fingerprint density at radius 3 is 2.86 bits per heavy atom. The molecule has 1 atom stereocenters. The summed E-state index contributed by atoms with van der Waals surface area (Å²) in [6.45, 7) is 4.24. The second kappa shape index (κ2) is 7.94. The Bertz CT molecular complexity index is 530. The number of nitrogens with one attached hydrogen (secondary N) is 1. The molecule has 1 saturated heterocycles. The van der Waals surface area contributed by atoms with Gasteiger partial charge in [-0.1, -0.05) is 24.3 Å². The summed E-state index contributed by atoms with van der Waals surface area (Å²) in [5, 5.41) is 12.0. The second-order valence-electron chi connectivity index (χ2n) is 5.94. The monoisotopic (exact) mass is 304 g/mol. The number of hydrogen-bond donors (Lipinski definition) is 2. The highest BCUT2D eigenvalue weighted by Crippen LogP contribution is 2.16. The molecule has 1 aliphatic heterocycles. The maximum Gasteiger partial charge on any atom is 0.307 e. The van der Waals surface area contributed by atoms with Crippen LogP contribution in [0.5, 0.6) is 0 Å². The fourth-order valence-electron chi connectivity index (χ4n) is 2.89. The van der Waals surface area contributed by atoms with Crippen LogP contribution in [0.2, 0.25) is 0 Å². The Kier molecular flexibility index (Phi) is 5.95. The SMILES string of the molecule is Cc1ccccc1CCNC(=O)CN1CCCC(C(=O)O)C1. The number of piperidine rings is 1. The number of likely N-dealkylation sites (tertiary alicyclic amines) is 1. The third kappa shape index (κ3) is 4.84. The summed E-state index contributed by atoms with van der Waals surface area (Å²) in [6, 6.07) is 8.15. The van der Waals surface area contributed by atoms with E-state index in [-0.39, 0.29) is 18.4 Å². The summed E-state index contributed by atoms with van der Waals surface area (Å²) in [4.78, 5) is 24.9. The minimum atomic E-state index is -0.760. The molecular formula is C17H24N2O3. The number of nitrogens with zero attached hydrogens (tertiary/aromatic N) is 1. The van der Waals surface area contributed by atoms with Gasteiger partial charge in [-0.2, -0.15) is 0 Å². The molecule has 1 aromatic carbocycles. The largest absolute Gasteiger partial charge is 0.481 e. The molecule has 2 rings (SSSR count). The van der Waals surface area contributed by atoms with Crippen molar-refractivity contribution in [1.29, 1.82) is 0 Å². The first-order valence-corrected chi connectivity index (χ1v) is 7.82. The standard InChI is InChI=1S/C17H24N2O3/c1-13-5-2-3-6-14(13)8-9-18-16(20)12-19-10-4-7-15(11-19)17(21)22/h2-3,5-6,15H,4,7-12H2,1H3,(H,18,20)(H,21,22). The Balaban J connectivity index is 1.72. The molecule has 1 aliphatic rings. The normalized spacial score (nSPS) is 18.9. The van der Waals surface area contributed by atoms with E-state index in [0.717, 1.165) is 19.4 Å². The smallest absolute Gasteiger partial charge is 0.307 e. The molecule has 5 nitrogen and oxygen atoms in total. The Morgan fingerprint density at radius 2 is 2.14 bits per heavy atom. The van der Waals surface area contributed by atoms with E-state index in [1.54, 1.807) is 0 Å². The van der Waals surface area contributed by atoms with Crippen LogP contribution in [-0.4, -0.2) is 48.1 Å². The van der Waals surface area contributed by atoms with E-state index in [9.17, 15) is 9.59 Å². The number of rotatable bonds is 6. The van der Waals surface area contributed by atoms with Crippen LogP contribution in [0, 0.1) is 12.8 Å². The van der Waals surface area contributed by atoms with Crippen LogP contribution in [0.3, 0.4) is 0 Å². The summed E-state index contributed by atoms with van der Waals surface area (Å²) in [5.74, 6) is -1.13. The van der Waals surface area contributed by atoms with Crippen molar-refractivity contribution in [2.75, 3.05) is 26.2 Å². The van der Waals surface area contributed by atoms with E-state index >= 15 is 0 Å². The van der Waals surface area contributed by atoms with Crippen LogP contribution in [-0.2, 0) is 16.0 Å². The van der Waals surface area contributed by atoms with Gasteiger partial charge < -0.3 is 10.4 Å². The number of aliphatic carboxylic acids is 1. The van der Waals surface area contributed by atoms with Gasteiger partial charge in [-0.25, -0.2) is 0 Å². The lowest BCUT2D eigenvalue weighted by atomic mass is 9.98. The van der Waals surface area contributed by atoms with Crippen molar-refractivity contribution in [2.24, 2.45) is 5.92 Å². The molecule has 0 spiro atoms. The molecule has 1 amide bonds. The predicted molar refractivity (Wildman–Crippen MR) is 84.7 cm³/mol. The van der Waals surface area contributed by atoms with Crippen molar-refractivity contribution >= 4 is 11.9 Å². The van der Waals surface area contributed by atoms with Crippen LogP contribution < -0.4 is 5.32 Å². The van der Waals surface area contributed by atoms with Gasteiger partial charge in [-0.15, -0.1) is 0 Å². The van der Waals surface area contributed by atoms with Crippen LogP contribution >= 0.6 is 0 Å². The van der Waals surface area contributed by atoms with E-state index in [2.05, 4.69) is 24.4 Å². The third-order valence-corrected chi connectivity index (χ3v) is 4.20. The van der Waals surface area contributed by atoms with Crippen molar-refractivity contribution in [3.63, 3.8) is 0 Å². The van der Waals surface area contributed by atoms with Crippen molar-refractivity contribution in [3.8, 4) is 0 Å². The lowest BCUT2D eigenvalue weighted by Gasteiger charge is -2.29. The summed E-state index contributed by atoms with van der Waals surface area (Å²) < 4.78 is 0. The van der Waals surface area contributed by atoms with E-state index in [4.69, 9.17) is 5.11 Å². The number of carboxylic acid groups (broad SMARTS) is 1. The van der Waals surface area contributed by atoms with Gasteiger partial charge in [0.15, 0.2) is 0 Å². The number of carbonyl (C=O) groups excluding carboxylic acids is 1. The van der Waals surface area contributed by atoms with Gasteiger partial charge >= 0.3 is 5.97 Å². The molecule has 0 saturated carbocycles. The highest BCUT2D eigenvalue weighted by Gasteiger charge is 2.26. The number of carboxylic acids is 1.